The van der Waals surface area contributed by atoms with E-state index < -0.39 is 5.82 Å². The number of methoxy groups -OCH3 is 1. The van der Waals surface area contributed by atoms with E-state index in [2.05, 4.69) is 15.4 Å². The molecule has 0 saturated carbocycles. The van der Waals surface area contributed by atoms with Crippen molar-refractivity contribution in [3.05, 3.63) is 35.4 Å². The fraction of sp³-hybridized carbons (Fsp3) is 0.0909. The average molecular weight is 285 g/mol. The van der Waals surface area contributed by atoms with Crippen molar-refractivity contribution in [3.63, 3.8) is 0 Å². The number of hydrazine groups is 1. The first-order chi connectivity index (χ1) is 9.17. The second kappa shape index (κ2) is 5.68. The van der Waals surface area contributed by atoms with E-state index in [0.29, 0.717) is 0 Å². The third kappa shape index (κ3) is 2.67. The van der Waals surface area contributed by atoms with Crippen LogP contribution >= 0.6 is 11.6 Å². The third-order valence-corrected chi connectivity index (χ3v) is 2.53. The largest absolute Gasteiger partial charge is 0.489 e. The van der Waals surface area contributed by atoms with Gasteiger partial charge in [-0.1, -0.05) is 17.7 Å². The first-order valence-electron chi connectivity index (χ1n) is 5.14. The van der Waals surface area contributed by atoms with Crippen LogP contribution in [0.2, 0.25) is 5.02 Å². The van der Waals surface area contributed by atoms with Crippen LogP contribution in [0.4, 0.5) is 10.2 Å². The number of hydrogen-bond donors (Lipinski definition) is 2. The van der Waals surface area contributed by atoms with E-state index in [1.807, 2.05) is 0 Å². The maximum absolute atomic E-state index is 13.7. The average Bonchev–Trinajstić information content (AvgIpc) is 2.43. The molecule has 0 bridgehead atoms. The molecular weight excluding hydrogens is 275 g/mol. The van der Waals surface area contributed by atoms with Gasteiger partial charge < -0.3 is 14.9 Å². The van der Waals surface area contributed by atoms with Gasteiger partial charge in [0.2, 0.25) is 5.75 Å². The van der Waals surface area contributed by atoms with E-state index in [-0.39, 0.29) is 28.2 Å². The van der Waals surface area contributed by atoms with Gasteiger partial charge >= 0.3 is 0 Å². The van der Waals surface area contributed by atoms with Gasteiger partial charge in [0.15, 0.2) is 17.4 Å². The van der Waals surface area contributed by atoms with Crippen molar-refractivity contribution in [1.29, 1.82) is 0 Å². The molecule has 2 aromatic rings. The summed E-state index contributed by atoms with van der Waals surface area (Å²) in [6.07, 6.45) is 1.20. The van der Waals surface area contributed by atoms with Gasteiger partial charge in [0, 0.05) is 0 Å². The fourth-order valence-electron chi connectivity index (χ4n) is 1.38. The monoisotopic (exact) mass is 284 g/mol. The Bertz CT molecular complexity index is 597. The minimum atomic E-state index is -0.688. The lowest BCUT2D eigenvalue weighted by atomic mass is 10.3. The lowest BCUT2D eigenvalue weighted by molar-refractivity contribution is 0.360. The third-order valence-electron chi connectivity index (χ3n) is 2.23. The number of hydrogen-bond acceptors (Lipinski definition) is 6. The summed E-state index contributed by atoms with van der Waals surface area (Å²) in [6, 6.07) is 4.38. The van der Waals surface area contributed by atoms with Crippen LogP contribution in [0, 0.1) is 5.82 Å². The minimum Gasteiger partial charge on any atom is -0.489 e. The molecule has 1 aromatic carbocycles. The summed E-state index contributed by atoms with van der Waals surface area (Å²) in [5, 5.41) is -0.0531. The normalized spacial score (nSPS) is 10.1. The number of aromatic nitrogens is 2. The predicted octanol–water partition coefficient (Wildman–Crippen LogP) is 2.36. The Balaban J connectivity index is 2.41. The molecule has 0 amide bonds. The van der Waals surface area contributed by atoms with Gasteiger partial charge in [-0.25, -0.2) is 15.2 Å². The Morgan fingerprint density at radius 2 is 2.16 bits per heavy atom. The highest BCUT2D eigenvalue weighted by Gasteiger charge is 2.16. The molecule has 1 aromatic heterocycles. The number of halogens is 2. The molecule has 100 valence electrons. The number of nitrogen functional groups attached to an aromatic ring is 1. The van der Waals surface area contributed by atoms with E-state index in [1.54, 1.807) is 6.07 Å². The second-order valence-corrected chi connectivity index (χ2v) is 3.77. The smallest absolute Gasteiger partial charge is 0.268 e. The van der Waals surface area contributed by atoms with Crippen LogP contribution in [0.5, 0.6) is 17.4 Å². The number of nitrogens with two attached hydrogens (primary N) is 1. The van der Waals surface area contributed by atoms with Gasteiger partial charge in [-0.05, 0) is 12.1 Å². The highest BCUT2D eigenvalue weighted by Crippen LogP contribution is 2.35. The standard InChI is InChI=1S/C11H10ClFN4O2/c1-18-9-10(17-14)15-5-16-11(9)19-7-4-2-3-6(12)8(7)13/h2-5H,14H2,1H3,(H,15,16,17). The SMILES string of the molecule is COc1c(NN)ncnc1Oc1cccc(Cl)c1F. The lowest BCUT2D eigenvalue weighted by Crippen LogP contribution is -2.11. The van der Waals surface area contributed by atoms with Crippen molar-refractivity contribution in [3.8, 4) is 17.4 Å². The molecule has 0 saturated heterocycles. The van der Waals surface area contributed by atoms with Gasteiger partial charge in [0.1, 0.15) is 6.33 Å². The molecule has 0 aliphatic heterocycles. The first-order valence-corrected chi connectivity index (χ1v) is 5.52. The summed E-state index contributed by atoms with van der Waals surface area (Å²) in [5.41, 5.74) is 2.32. The van der Waals surface area contributed by atoms with Gasteiger partial charge in [-0.15, -0.1) is 0 Å². The van der Waals surface area contributed by atoms with Crippen LogP contribution < -0.4 is 20.7 Å². The summed E-state index contributed by atoms with van der Waals surface area (Å²) < 4.78 is 24.1. The van der Waals surface area contributed by atoms with Crippen LogP contribution in [0.3, 0.4) is 0 Å². The fourth-order valence-corrected chi connectivity index (χ4v) is 1.55. The quantitative estimate of drug-likeness (QED) is 0.662. The van der Waals surface area contributed by atoms with Crippen molar-refractivity contribution in [1.82, 2.24) is 9.97 Å². The molecule has 0 radical (unpaired) electrons. The van der Waals surface area contributed by atoms with Crippen molar-refractivity contribution in [2.45, 2.75) is 0 Å². The summed E-state index contributed by atoms with van der Waals surface area (Å²) in [5.74, 6) is 4.90. The molecule has 19 heavy (non-hydrogen) atoms. The lowest BCUT2D eigenvalue weighted by Gasteiger charge is -2.12. The van der Waals surface area contributed by atoms with Crippen LogP contribution in [0.1, 0.15) is 0 Å². The Hall–Kier alpha value is -2.12. The zero-order valence-electron chi connectivity index (χ0n) is 9.85. The minimum absolute atomic E-state index is 0.0200. The molecular formula is C11H10ClFN4O2. The summed E-state index contributed by atoms with van der Waals surface area (Å²) in [4.78, 5) is 7.70. The van der Waals surface area contributed by atoms with Gasteiger partial charge in [-0.3, -0.25) is 0 Å². The number of anilines is 1. The topological polar surface area (TPSA) is 82.3 Å². The summed E-state index contributed by atoms with van der Waals surface area (Å²) in [6.45, 7) is 0. The van der Waals surface area contributed by atoms with Crippen LogP contribution in [0.25, 0.3) is 0 Å². The van der Waals surface area contributed by atoms with Crippen LogP contribution in [-0.2, 0) is 0 Å². The first kappa shape index (κ1) is 13.3. The molecule has 0 unspecified atom stereocenters. The summed E-state index contributed by atoms with van der Waals surface area (Å²) in [7, 11) is 1.39. The van der Waals surface area contributed by atoms with Crippen molar-refractivity contribution in [2.75, 3.05) is 12.5 Å². The maximum Gasteiger partial charge on any atom is 0.268 e. The van der Waals surface area contributed by atoms with Gasteiger partial charge in [0.25, 0.3) is 5.88 Å². The van der Waals surface area contributed by atoms with Crippen LogP contribution in [0.15, 0.2) is 24.5 Å². The van der Waals surface area contributed by atoms with Crippen LogP contribution in [-0.4, -0.2) is 17.1 Å². The number of nitrogens with zero attached hydrogens (tertiary/aromatic N) is 2. The Labute approximate surface area is 113 Å². The molecule has 8 heteroatoms. The van der Waals surface area contributed by atoms with E-state index in [0.717, 1.165) is 0 Å². The highest BCUT2D eigenvalue weighted by atomic mass is 35.5. The molecule has 0 aliphatic rings. The maximum atomic E-state index is 13.7. The van der Waals surface area contributed by atoms with Crippen molar-refractivity contribution in [2.24, 2.45) is 5.84 Å². The molecule has 1 heterocycles. The zero-order valence-corrected chi connectivity index (χ0v) is 10.6. The molecule has 6 nitrogen and oxygen atoms in total. The second-order valence-electron chi connectivity index (χ2n) is 3.36. The van der Waals surface area contributed by atoms with E-state index in [4.69, 9.17) is 26.9 Å². The number of nitrogens with one attached hydrogen (secondary N) is 1. The van der Waals surface area contributed by atoms with Crippen molar-refractivity contribution >= 4 is 17.4 Å². The zero-order chi connectivity index (χ0) is 13.8. The predicted molar refractivity (Wildman–Crippen MR) is 67.9 cm³/mol. The number of rotatable bonds is 4. The highest BCUT2D eigenvalue weighted by molar-refractivity contribution is 6.30. The molecule has 3 N–H and O–H groups in total. The van der Waals surface area contributed by atoms with E-state index >= 15 is 0 Å². The number of benzene rings is 1. The Kier molecular flexibility index (Phi) is 3.98. The van der Waals surface area contributed by atoms with E-state index in [9.17, 15) is 4.39 Å². The van der Waals surface area contributed by atoms with E-state index in [1.165, 1.54) is 25.6 Å². The molecule has 0 aliphatic carbocycles. The molecule has 2 rings (SSSR count). The molecule has 0 spiro atoms. The Morgan fingerprint density at radius 1 is 1.37 bits per heavy atom. The van der Waals surface area contributed by atoms with Gasteiger partial charge in [-0.2, -0.15) is 4.98 Å². The summed E-state index contributed by atoms with van der Waals surface area (Å²) >= 11 is 5.66. The van der Waals surface area contributed by atoms with Crippen molar-refractivity contribution < 1.29 is 13.9 Å². The van der Waals surface area contributed by atoms with Gasteiger partial charge in [0.05, 0.1) is 12.1 Å². The molecule has 0 atom stereocenters. The number of ether oxygens (including phenoxy) is 2. The molecule has 0 fully saturated rings. The Morgan fingerprint density at radius 3 is 2.84 bits per heavy atom.